The molecule has 0 saturated carbocycles. The van der Waals surface area contributed by atoms with E-state index in [1.807, 2.05) is 47.4 Å². The quantitative estimate of drug-likeness (QED) is 0.455. The number of nitrogens with one attached hydrogen (secondary N) is 1. The van der Waals surface area contributed by atoms with Crippen molar-refractivity contribution < 1.29 is 13.9 Å². The van der Waals surface area contributed by atoms with E-state index in [2.05, 4.69) is 11.1 Å². The Morgan fingerprint density at radius 1 is 1.00 bits per heavy atom. The molecule has 1 aromatic heterocycles. The largest absolute Gasteiger partial charge is 0.376 e. The number of H-pyrrole nitrogens is 1. The van der Waals surface area contributed by atoms with E-state index < -0.39 is 0 Å². The van der Waals surface area contributed by atoms with Crippen LogP contribution in [0.3, 0.4) is 0 Å². The standard InChI is InChI=1S/C27H23FN2O2/c28-18-13-11-17(12-14-18)25-24(22-9-3-4-10-23(22)29-25)26-20-7-1-2-8-21(20)27(31)30(26)16-19-6-5-15-32-19/h1-4,7-14,19,26,29H,5-6,15-16H2/t19-,26+/m0/s1. The van der Waals surface area contributed by atoms with Crippen molar-refractivity contribution in [2.75, 3.05) is 13.2 Å². The number of fused-ring (bicyclic) bond motifs is 2. The molecule has 4 nitrogen and oxygen atoms in total. The molecule has 0 bridgehead atoms. The van der Waals surface area contributed by atoms with Crippen molar-refractivity contribution >= 4 is 16.8 Å². The Balaban J connectivity index is 1.57. The highest BCUT2D eigenvalue weighted by molar-refractivity contribution is 6.02. The molecule has 2 aliphatic heterocycles. The molecule has 2 aliphatic rings. The van der Waals surface area contributed by atoms with Crippen LogP contribution in [0.5, 0.6) is 0 Å². The highest BCUT2D eigenvalue weighted by atomic mass is 19.1. The molecule has 32 heavy (non-hydrogen) atoms. The predicted molar refractivity (Wildman–Crippen MR) is 122 cm³/mol. The zero-order valence-electron chi connectivity index (χ0n) is 17.6. The third-order valence-corrected chi connectivity index (χ3v) is 6.64. The molecule has 5 heteroatoms. The topological polar surface area (TPSA) is 45.3 Å². The van der Waals surface area contributed by atoms with Crippen molar-refractivity contribution in [3.8, 4) is 11.3 Å². The minimum absolute atomic E-state index is 0.0384. The van der Waals surface area contributed by atoms with Crippen LogP contribution >= 0.6 is 0 Å². The first-order valence-corrected chi connectivity index (χ1v) is 11.1. The van der Waals surface area contributed by atoms with E-state index in [0.29, 0.717) is 6.54 Å². The summed E-state index contributed by atoms with van der Waals surface area (Å²) >= 11 is 0. The summed E-state index contributed by atoms with van der Waals surface area (Å²) in [4.78, 5) is 19.0. The number of aromatic nitrogens is 1. The molecule has 1 amide bonds. The fourth-order valence-electron chi connectivity index (χ4n) is 5.17. The number of para-hydroxylation sites is 1. The fraction of sp³-hybridized carbons (Fsp3) is 0.222. The summed E-state index contributed by atoms with van der Waals surface area (Å²) in [6.45, 7) is 1.30. The van der Waals surface area contributed by atoms with Crippen molar-refractivity contribution in [1.82, 2.24) is 9.88 Å². The lowest BCUT2D eigenvalue weighted by molar-refractivity contribution is 0.0501. The van der Waals surface area contributed by atoms with Crippen LogP contribution in [0.1, 0.15) is 40.4 Å². The molecule has 1 saturated heterocycles. The monoisotopic (exact) mass is 426 g/mol. The van der Waals surface area contributed by atoms with Gasteiger partial charge < -0.3 is 14.6 Å². The number of aromatic amines is 1. The van der Waals surface area contributed by atoms with Crippen molar-refractivity contribution in [2.45, 2.75) is 25.0 Å². The van der Waals surface area contributed by atoms with Gasteiger partial charge >= 0.3 is 0 Å². The highest BCUT2D eigenvalue weighted by Gasteiger charge is 2.41. The number of benzene rings is 3. The SMILES string of the molecule is O=C1c2ccccc2[C@H](c2c(-c3ccc(F)cc3)[nH]c3ccccc23)N1C[C@@H]1CCCO1. The van der Waals surface area contributed by atoms with Gasteiger partial charge in [-0.05, 0) is 60.4 Å². The second-order valence-corrected chi connectivity index (χ2v) is 8.55. The fourth-order valence-corrected chi connectivity index (χ4v) is 5.17. The van der Waals surface area contributed by atoms with Crippen LogP contribution in [0.4, 0.5) is 4.39 Å². The van der Waals surface area contributed by atoms with Crippen LogP contribution in [0.2, 0.25) is 0 Å². The van der Waals surface area contributed by atoms with Crippen LogP contribution < -0.4 is 0 Å². The van der Waals surface area contributed by atoms with E-state index >= 15 is 0 Å². The molecule has 1 N–H and O–H groups in total. The first-order valence-electron chi connectivity index (χ1n) is 11.1. The van der Waals surface area contributed by atoms with Gasteiger partial charge in [0.2, 0.25) is 0 Å². The summed E-state index contributed by atoms with van der Waals surface area (Å²) in [7, 11) is 0. The molecule has 0 spiro atoms. The predicted octanol–water partition coefficient (Wildman–Crippen LogP) is 5.70. The molecular weight excluding hydrogens is 403 g/mol. The summed E-state index contributed by atoms with van der Waals surface area (Å²) in [5, 5.41) is 1.07. The lowest BCUT2D eigenvalue weighted by Gasteiger charge is -2.28. The average Bonchev–Trinajstić information content (AvgIpc) is 3.53. The molecule has 2 atom stereocenters. The third kappa shape index (κ3) is 3.04. The summed E-state index contributed by atoms with van der Waals surface area (Å²) in [6.07, 6.45) is 2.04. The van der Waals surface area contributed by atoms with Gasteiger partial charge in [-0.2, -0.15) is 0 Å². The molecule has 6 rings (SSSR count). The zero-order valence-corrected chi connectivity index (χ0v) is 17.6. The maximum absolute atomic E-state index is 13.7. The molecule has 0 aliphatic carbocycles. The van der Waals surface area contributed by atoms with Gasteiger partial charge in [0.05, 0.1) is 17.8 Å². The molecule has 0 unspecified atom stereocenters. The Morgan fingerprint density at radius 3 is 2.59 bits per heavy atom. The van der Waals surface area contributed by atoms with Crippen LogP contribution in [0.15, 0.2) is 72.8 Å². The zero-order chi connectivity index (χ0) is 21.7. The van der Waals surface area contributed by atoms with Crippen LogP contribution in [0.25, 0.3) is 22.2 Å². The first-order chi connectivity index (χ1) is 15.7. The van der Waals surface area contributed by atoms with Gasteiger partial charge in [0, 0.05) is 35.2 Å². The van der Waals surface area contributed by atoms with E-state index in [9.17, 15) is 9.18 Å². The van der Waals surface area contributed by atoms with Crippen LogP contribution in [-0.4, -0.2) is 35.0 Å². The van der Waals surface area contributed by atoms with E-state index in [1.54, 1.807) is 12.1 Å². The summed E-state index contributed by atoms with van der Waals surface area (Å²) in [6, 6.07) is 22.3. The van der Waals surface area contributed by atoms with Crippen molar-refractivity contribution in [2.24, 2.45) is 0 Å². The van der Waals surface area contributed by atoms with Crippen molar-refractivity contribution in [3.63, 3.8) is 0 Å². The minimum atomic E-state index is -0.271. The molecule has 0 radical (unpaired) electrons. The minimum Gasteiger partial charge on any atom is -0.376 e. The number of rotatable bonds is 4. The summed E-state index contributed by atoms with van der Waals surface area (Å²) < 4.78 is 19.6. The summed E-state index contributed by atoms with van der Waals surface area (Å²) in [5.41, 5.74) is 5.60. The molecule has 3 aromatic carbocycles. The van der Waals surface area contributed by atoms with Gasteiger partial charge in [-0.3, -0.25) is 4.79 Å². The van der Waals surface area contributed by atoms with Gasteiger partial charge in [-0.1, -0.05) is 36.4 Å². The van der Waals surface area contributed by atoms with Gasteiger partial charge in [0.15, 0.2) is 0 Å². The van der Waals surface area contributed by atoms with Crippen molar-refractivity contribution in [1.29, 1.82) is 0 Å². The molecule has 1 fully saturated rings. The molecule has 3 heterocycles. The Bertz CT molecular complexity index is 1300. The number of nitrogens with zero attached hydrogens (tertiary/aromatic N) is 1. The third-order valence-electron chi connectivity index (χ3n) is 6.64. The van der Waals surface area contributed by atoms with Gasteiger partial charge in [0.25, 0.3) is 5.91 Å². The number of halogens is 1. The average molecular weight is 426 g/mol. The smallest absolute Gasteiger partial charge is 0.255 e. The summed E-state index contributed by atoms with van der Waals surface area (Å²) in [5.74, 6) is -0.232. The second kappa shape index (κ2) is 7.61. The Hall–Kier alpha value is -3.44. The Kier molecular flexibility index (Phi) is 4.58. The van der Waals surface area contributed by atoms with Gasteiger partial charge in [0.1, 0.15) is 5.82 Å². The van der Waals surface area contributed by atoms with Gasteiger partial charge in [-0.25, -0.2) is 4.39 Å². The molecule has 160 valence electrons. The van der Waals surface area contributed by atoms with E-state index in [1.165, 1.54) is 12.1 Å². The van der Waals surface area contributed by atoms with Crippen LogP contribution in [-0.2, 0) is 4.74 Å². The Labute approximate surface area is 185 Å². The van der Waals surface area contributed by atoms with Gasteiger partial charge in [-0.15, -0.1) is 0 Å². The number of carbonyl (C=O) groups excluding carboxylic acids is 1. The van der Waals surface area contributed by atoms with Crippen molar-refractivity contribution in [3.05, 3.63) is 95.3 Å². The number of carbonyl (C=O) groups is 1. The number of hydrogen-bond donors (Lipinski definition) is 1. The number of ether oxygens (including phenoxy) is 1. The number of amides is 1. The lowest BCUT2D eigenvalue weighted by Crippen LogP contribution is -2.35. The van der Waals surface area contributed by atoms with E-state index in [0.717, 1.165) is 58.3 Å². The van der Waals surface area contributed by atoms with Crippen LogP contribution in [0, 0.1) is 5.82 Å². The molecular formula is C27H23FN2O2. The maximum Gasteiger partial charge on any atom is 0.255 e. The normalized spacial score (nSPS) is 20.3. The first kappa shape index (κ1) is 19.3. The number of hydrogen-bond acceptors (Lipinski definition) is 2. The lowest BCUT2D eigenvalue weighted by atomic mass is 9.93. The molecule has 4 aromatic rings. The second-order valence-electron chi connectivity index (χ2n) is 8.55. The highest BCUT2D eigenvalue weighted by Crippen LogP contribution is 2.45. The maximum atomic E-state index is 13.7. The van der Waals surface area contributed by atoms with E-state index in [-0.39, 0.29) is 23.9 Å². The Morgan fingerprint density at radius 2 is 1.78 bits per heavy atom. The van der Waals surface area contributed by atoms with E-state index in [4.69, 9.17) is 4.74 Å².